The minimum atomic E-state index is -3.29. The fourth-order valence-corrected chi connectivity index (χ4v) is 3.54. The highest BCUT2D eigenvalue weighted by Crippen LogP contribution is 2.22. The van der Waals surface area contributed by atoms with Crippen LogP contribution in [0.25, 0.3) is 0 Å². The Kier molecular flexibility index (Phi) is 3.51. The first-order chi connectivity index (χ1) is 8.01. The number of benzene rings is 1. The largest absolute Gasteiger partial charge is 0.324 e. The van der Waals surface area contributed by atoms with Crippen molar-refractivity contribution in [1.29, 1.82) is 0 Å². The predicted molar refractivity (Wildman–Crippen MR) is 67.0 cm³/mol. The summed E-state index contributed by atoms with van der Waals surface area (Å²) in [7, 11) is -3.29. The van der Waals surface area contributed by atoms with E-state index in [2.05, 4.69) is 0 Å². The Labute approximate surface area is 102 Å². The highest BCUT2D eigenvalue weighted by atomic mass is 32.2. The van der Waals surface area contributed by atoms with Crippen LogP contribution < -0.4 is 5.73 Å². The van der Waals surface area contributed by atoms with Crippen LogP contribution in [0.5, 0.6) is 0 Å². The summed E-state index contributed by atoms with van der Waals surface area (Å²) in [5.74, 6) is 0. The molecule has 1 fully saturated rings. The number of hydrogen-bond acceptors (Lipinski definition) is 3. The molecule has 0 aliphatic carbocycles. The molecule has 2 N–H and O–H groups in total. The van der Waals surface area contributed by atoms with Crippen LogP contribution in [0.4, 0.5) is 0 Å². The molecule has 0 saturated carbocycles. The average molecular weight is 254 g/mol. The number of nitrogens with zero attached hydrogens (tertiary/aromatic N) is 1. The smallest absolute Gasteiger partial charge is 0.243 e. The van der Waals surface area contributed by atoms with Gasteiger partial charge in [0.15, 0.2) is 0 Å². The highest BCUT2D eigenvalue weighted by molar-refractivity contribution is 7.89. The Balaban J connectivity index is 2.27. The Hall–Kier alpha value is -0.910. The molecular formula is C12H18N2O2S. The SMILES string of the molecule is CC(N)c1ccc(S(=O)(=O)N2CCCC2)cc1. The maximum Gasteiger partial charge on any atom is 0.243 e. The van der Waals surface area contributed by atoms with E-state index in [0.29, 0.717) is 18.0 Å². The average Bonchev–Trinajstić information content (AvgIpc) is 2.83. The summed E-state index contributed by atoms with van der Waals surface area (Å²) >= 11 is 0. The standard InChI is InChI=1S/C12H18N2O2S/c1-10(13)11-4-6-12(7-5-11)17(15,16)14-8-2-3-9-14/h4-7,10H,2-3,8-9,13H2,1H3. The first-order valence-electron chi connectivity index (χ1n) is 5.87. The molecule has 1 atom stereocenters. The zero-order valence-corrected chi connectivity index (χ0v) is 10.8. The van der Waals surface area contributed by atoms with Gasteiger partial charge in [0.05, 0.1) is 4.90 Å². The molecule has 1 aromatic rings. The topological polar surface area (TPSA) is 63.4 Å². The van der Waals surface area contributed by atoms with Gasteiger partial charge in [-0.15, -0.1) is 0 Å². The van der Waals surface area contributed by atoms with E-state index in [9.17, 15) is 8.42 Å². The van der Waals surface area contributed by atoms with Gasteiger partial charge in [-0.25, -0.2) is 8.42 Å². The number of rotatable bonds is 3. The van der Waals surface area contributed by atoms with E-state index >= 15 is 0 Å². The van der Waals surface area contributed by atoms with Crippen LogP contribution in [0.15, 0.2) is 29.2 Å². The first-order valence-corrected chi connectivity index (χ1v) is 7.31. The molecule has 0 bridgehead atoms. The molecule has 2 rings (SSSR count). The van der Waals surface area contributed by atoms with Crippen LogP contribution >= 0.6 is 0 Å². The number of hydrogen-bond donors (Lipinski definition) is 1. The van der Waals surface area contributed by atoms with E-state index in [1.54, 1.807) is 28.6 Å². The van der Waals surface area contributed by atoms with Crippen LogP contribution in [0.3, 0.4) is 0 Å². The van der Waals surface area contributed by atoms with Crippen LogP contribution in [0.1, 0.15) is 31.4 Å². The molecule has 1 saturated heterocycles. The highest BCUT2D eigenvalue weighted by Gasteiger charge is 2.26. The Morgan fingerprint density at radius 2 is 1.71 bits per heavy atom. The van der Waals surface area contributed by atoms with Crippen LogP contribution in [0.2, 0.25) is 0 Å². The van der Waals surface area contributed by atoms with Crippen LogP contribution in [0, 0.1) is 0 Å². The van der Waals surface area contributed by atoms with Crippen molar-refractivity contribution < 1.29 is 8.42 Å². The van der Waals surface area contributed by atoms with Gasteiger partial charge in [-0.3, -0.25) is 0 Å². The molecule has 1 heterocycles. The molecular weight excluding hydrogens is 236 g/mol. The predicted octanol–water partition coefficient (Wildman–Crippen LogP) is 1.49. The van der Waals surface area contributed by atoms with Crippen LogP contribution in [-0.4, -0.2) is 25.8 Å². The summed E-state index contributed by atoms with van der Waals surface area (Å²) in [4.78, 5) is 0.365. The zero-order chi connectivity index (χ0) is 12.5. The van der Waals surface area contributed by atoms with Crippen LogP contribution in [-0.2, 0) is 10.0 Å². The van der Waals surface area contributed by atoms with E-state index in [0.717, 1.165) is 18.4 Å². The van der Waals surface area contributed by atoms with Crippen molar-refractivity contribution in [2.75, 3.05) is 13.1 Å². The molecule has 94 valence electrons. The third kappa shape index (κ3) is 2.51. The van der Waals surface area contributed by atoms with E-state index in [1.807, 2.05) is 6.92 Å². The molecule has 5 heteroatoms. The van der Waals surface area contributed by atoms with Gasteiger partial charge < -0.3 is 5.73 Å². The Morgan fingerprint density at radius 3 is 2.18 bits per heavy atom. The minimum Gasteiger partial charge on any atom is -0.324 e. The van der Waals surface area contributed by atoms with E-state index in [4.69, 9.17) is 5.73 Å². The molecule has 1 unspecified atom stereocenters. The number of nitrogens with two attached hydrogens (primary N) is 1. The van der Waals surface area contributed by atoms with Crippen molar-refractivity contribution in [1.82, 2.24) is 4.31 Å². The molecule has 1 aliphatic heterocycles. The van der Waals surface area contributed by atoms with Crippen molar-refractivity contribution in [2.45, 2.75) is 30.7 Å². The third-order valence-corrected chi connectivity index (χ3v) is 5.02. The summed E-state index contributed by atoms with van der Waals surface area (Å²) in [6, 6.07) is 6.79. The van der Waals surface area contributed by atoms with Crippen molar-refractivity contribution in [3.63, 3.8) is 0 Å². The van der Waals surface area contributed by atoms with E-state index in [1.165, 1.54) is 0 Å². The fraction of sp³-hybridized carbons (Fsp3) is 0.500. The van der Waals surface area contributed by atoms with Gasteiger partial charge in [-0.2, -0.15) is 4.31 Å². The fourth-order valence-electron chi connectivity index (χ4n) is 2.02. The molecule has 0 amide bonds. The van der Waals surface area contributed by atoms with Crippen molar-refractivity contribution in [3.8, 4) is 0 Å². The number of sulfonamides is 1. The van der Waals surface area contributed by atoms with Gasteiger partial charge in [0.1, 0.15) is 0 Å². The second kappa shape index (κ2) is 4.76. The minimum absolute atomic E-state index is 0.0708. The van der Waals surface area contributed by atoms with E-state index in [-0.39, 0.29) is 6.04 Å². The lowest BCUT2D eigenvalue weighted by Crippen LogP contribution is -2.27. The first kappa shape index (κ1) is 12.5. The van der Waals surface area contributed by atoms with E-state index < -0.39 is 10.0 Å². The summed E-state index contributed by atoms with van der Waals surface area (Å²) in [5, 5.41) is 0. The lowest BCUT2D eigenvalue weighted by molar-refractivity contribution is 0.477. The Morgan fingerprint density at radius 1 is 1.18 bits per heavy atom. The lowest BCUT2D eigenvalue weighted by atomic mass is 10.1. The summed E-state index contributed by atoms with van der Waals surface area (Å²) in [6.45, 7) is 3.15. The van der Waals surface area contributed by atoms with Crippen molar-refractivity contribution >= 4 is 10.0 Å². The summed E-state index contributed by atoms with van der Waals surface area (Å²) in [6.07, 6.45) is 1.91. The Bertz CT molecular complexity index is 474. The van der Waals surface area contributed by atoms with Gasteiger partial charge in [0, 0.05) is 19.1 Å². The van der Waals surface area contributed by atoms with Gasteiger partial charge in [0.25, 0.3) is 0 Å². The van der Waals surface area contributed by atoms with Gasteiger partial charge in [-0.1, -0.05) is 12.1 Å². The second-order valence-electron chi connectivity index (χ2n) is 4.47. The van der Waals surface area contributed by atoms with Gasteiger partial charge in [0.2, 0.25) is 10.0 Å². The molecule has 0 aromatic heterocycles. The third-order valence-electron chi connectivity index (χ3n) is 3.11. The van der Waals surface area contributed by atoms with Crippen molar-refractivity contribution in [3.05, 3.63) is 29.8 Å². The molecule has 0 spiro atoms. The maximum absolute atomic E-state index is 12.2. The van der Waals surface area contributed by atoms with Crippen molar-refractivity contribution in [2.24, 2.45) is 5.73 Å². The molecule has 1 aromatic carbocycles. The summed E-state index contributed by atoms with van der Waals surface area (Å²) < 4.78 is 26.0. The monoisotopic (exact) mass is 254 g/mol. The normalized spacial score (nSPS) is 19.4. The zero-order valence-electron chi connectivity index (χ0n) is 9.96. The quantitative estimate of drug-likeness (QED) is 0.889. The second-order valence-corrected chi connectivity index (χ2v) is 6.41. The molecule has 0 radical (unpaired) electrons. The molecule has 17 heavy (non-hydrogen) atoms. The maximum atomic E-state index is 12.2. The molecule has 1 aliphatic rings. The van der Waals surface area contributed by atoms with Gasteiger partial charge >= 0.3 is 0 Å². The summed E-state index contributed by atoms with van der Waals surface area (Å²) in [5.41, 5.74) is 6.68. The van der Waals surface area contributed by atoms with Gasteiger partial charge in [-0.05, 0) is 37.5 Å². The molecule has 4 nitrogen and oxygen atoms in total. The lowest BCUT2D eigenvalue weighted by Gasteiger charge is -2.16.